The fourth-order valence-corrected chi connectivity index (χ4v) is 5.85. The molecule has 0 aliphatic carbocycles. The van der Waals surface area contributed by atoms with Crippen LogP contribution < -0.4 is 9.62 Å². The summed E-state index contributed by atoms with van der Waals surface area (Å²) >= 11 is 12.4. The van der Waals surface area contributed by atoms with Crippen molar-refractivity contribution in [2.75, 3.05) is 23.9 Å². The molecule has 0 spiro atoms. The van der Waals surface area contributed by atoms with E-state index in [0.717, 1.165) is 15.4 Å². The average Bonchev–Trinajstić information content (AvgIpc) is 2.87. The summed E-state index contributed by atoms with van der Waals surface area (Å²) in [6, 6.07) is 19.4. The smallest absolute Gasteiger partial charge is 0.264 e. The van der Waals surface area contributed by atoms with Crippen molar-refractivity contribution in [2.45, 2.75) is 38.1 Å². The zero-order chi connectivity index (χ0) is 27.9. The molecule has 3 aromatic carbocycles. The molecule has 3 aromatic rings. The SMILES string of the molecule is CCNC(=O)[C@H](C)N(CCc1ccccc1)C(=O)CN(c1cc(Cl)cc(Cl)c1)S(=O)(=O)c1ccc(C)cc1. The Hall–Kier alpha value is -3.07. The fraction of sp³-hybridized carbons (Fsp3) is 0.286. The first kappa shape index (κ1) is 29.5. The van der Waals surface area contributed by atoms with Crippen molar-refractivity contribution in [3.05, 3.63) is 94.0 Å². The van der Waals surface area contributed by atoms with Crippen molar-refractivity contribution in [3.8, 4) is 0 Å². The van der Waals surface area contributed by atoms with Gasteiger partial charge in [0, 0.05) is 23.1 Å². The van der Waals surface area contributed by atoms with E-state index in [9.17, 15) is 18.0 Å². The van der Waals surface area contributed by atoms with Crippen LogP contribution in [0.15, 0.2) is 77.7 Å². The van der Waals surface area contributed by atoms with E-state index in [4.69, 9.17) is 23.2 Å². The van der Waals surface area contributed by atoms with Gasteiger partial charge in [-0.25, -0.2) is 8.42 Å². The van der Waals surface area contributed by atoms with E-state index < -0.39 is 28.5 Å². The number of rotatable bonds is 11. The molecule has 0 aromatic heterocycles. The highest BCUT2D eigenvalue weighted by atomic mass is 35.5. The van der Waals surface area contributed by atoms with Crippen LogP contribution >= 0.6 is 23.2 Å². The summed E-state index contributed by atoms with van der Waals surface area (Å²) in [4.78, 5) is 27.9. The second kappa shape index (κ2) is 13.1. The van der Waals surface area contributed by atoms with Crippen molar-refractivity contribution < 1.29 is 18.0 Å². The minimum atomic E-state index is -4.19. The molecule has 0 saturated heterocycles. The van der Waals surface area contributed by atoms with Crippen LogP contribution in [-0.4, -0.2) is 50.8 Å². The Morgan fingerprint density at radius 3 is 2.13 bits per heavy atom. The van der Waals surface area contributed by atoms with Crippen LogP contribution in [0.4, 0.5) is 5.69 Å². The molecule has 0 heterocycles. The molecule has 0 radical (unpaired) electrons. The number of carbonyl (C=O) groups excluding carboxylic acids is 2. The van der Waals surface area contributed by atoms with Crippen LogP contribution in [0.5, 0.6) is 0 Å². The number of halogens is 2. The second-order valence-corrected chi connectivity index (χ2v) is 11.6. The lowest BCUT2D eigenvalue weighted by Gasteiger charge is -2.32. The molecule has 0 bridgehead atoms. The van der Waals surface area contributed by atoms with Gasteiger partial charge in [-0.05, 0) is 63.1 Å². The number of benzene rings is 3. The summed E-state index contributed by atoms with van der Waals surface area (Å²) in [7, 11) is -4.19. The first-order valence-corrected chi connectivity index (χ1v) is 14.4. The number of nitrogens with one attached hydrogen (secondary N) is 1. The predicted octanol–water partition coefficient (Wildman–Crippen LogP) is 5.09. The van der Waals surface area contributed by atoms with Gasteiger partial charge < -0.3 is 10.2 Å². The Bertz CT molecular complexity index is 1350. The van der Waals surface area contributed by atoms with Gasteiger partial charge in [0.15, 0.2) is 0 Å². The van der Waals surface area contributed by atoms with Crippen LogP contribution in [0.3, 0.4) is 0 Å². The number of amides is 2. The third kappa shape index (κ3) is 7.49. The Morgan fingerprint density at radius 1 is 0.947 bits per heavy atom. The quantitative estimate of drug-likeness (QED) is 0.345. The summed E-state index contributed by atoms with van der Waals surface area (Å²) in [5, 5.41) is 3.19. The van der Waals surface area contributed by atoms with Crippen LogP contribution in [-0.2, 0) is 26.0 Å². The predicted molar refractivity (Wildman–Crippen MR) is 152 cm³/mol. The van der Waals surface area contributed by atoms with Crippen molar-refractivity contribution in [3.63, 3.8) is 0 Å². The lowest BCUT2D eigenvalue weighted by molar-refractivity contribution is -0.138. The number of carbonyl (C=O) groups is 2. The highest BCUT2D eigenvalue weighted by molar-refractivity contribution is 7.92. The Labute approximate surface area is 234 Å². The van der Waals surface area contributed by atoms with Crippen LogP contribution in [0.1, 0.15) is 25.0 Å². The number of hydrogen-bond donors (Lipinski definition) is 1. The summed E-state index contributed by atoms with van der Waals surface area (Å²) in [6.07, 6.45) is 0.490. The lowest BCUT2D eigenvalue weighted by atomic mass is 10.1. The first-order chi connectivity index (χ1) is 18.0. The Kier molecular flexibility index (Phi) is 10.2. The number of sulfonamides is 1. The van der Waals surface area contributed by atoms with Gasteiger partial charge in [-0.3, -0.25) is 13.9 Å². The summed E-state index contributed by atoms with van der Waals surface area (Å²) in [6.45, 7) is 5.34. The number of hydrogen-bond acceptors (Lipinski definition) is 4. The van der Waals surface area contributed by atoms with Gasteiger partial charge in [0.25, 0.3) is 10.0 Å². The van der Waals surface area contributed by atoms with E-state index in [1.807, 2.05) is 37.3 Å². The average molecular weight is 577 g/mol. The zero-order valence-corrected chi connectivity index (χ0v) is 23.9. The highest BCUT2D eigenvalue weighted by Crippen LogP contribution is 2.30. The molecule has 1 atom stereocenters. The third-order valence-electron chi connectivity index (χ3n) is 6.03. The van der Waals surface area contributed by atoms with Crippen LogP contribution in [0.2, 0.25) is 10.0 Å². The van der Waals surface area contributed by atoms with Gasteiger partial charge in [-0.15, -0.1) is 0 Å². The molecule has 7 nitrogen and oxygen atoms in total. The molecule has 1 N–H and O–H groups in total. The van der Waals surface area contributed by atoms with E-state index in [0.29, 0.717) is 13.0 Å². The van der Waals surface area contributed by atoms with Gasteiger partial charge in [0.1, 0.15) is 12.6 Å². The molecule has 0 aliphatic rings. The minimum absolute atomic E-state index is 0.0135. The maximum atomic E-state index is 13.8. The second-order valence-electron chi connectivity index (χ2n) is 8.85. The van der Waals surface area contributed by atoms with Crippen molar-refractivity contribution in [1.82, 2.24) is 10.2 Å². The molecular weight excluding hydrogens is 545 g/mol. The van der Waals surface area contributed by atoms with E-state index in [1.165, 1.54) is 35.2 Å². The van der Waals surface area contributed by atoms with Gasteiger partial charge in [0.2, 0.25) is 11.8 Å². The number of likely N-dealkylation sites (N-methyl/N-ethyl adjacent to an activating group) is 1. The minimum Gasteiger partial charge on any atom is -0.355 e. The lowest BCUT2D eigenvalue weighted by Crippen LogP contribution is -2.52. The van der Waals surface area contributed by atoms with Gasteiger partial charge in [-0.1, -0.05) is 71.2 Å². The molecule has 3 rings (SSSR count). The number of anilines is 1. The zero-order valence-electron chi connectivity index (χ0n) is 21.5. The van der Waals surface area contributed by atoms with E-state index in [2.05, 4.69) is 5.32 Å². The maximum Gasteiger partial charge on any atom is 0.264 e. The Morgan fingerprint density at radius 2 is 1.55 bits per heavy atom. The molecular formula is C28H31Cl2N3O4S. The Balaban J connectivity index is 2.01. The number of aryl methyl sites for hydroxylation is 1. The van der Waals surface area contributed by atoms with Crippen molar-refractivity contribution in [2.24, 2.45) is 0 Å². The number of nitrogens with zero attached hydrogens (tertiary/aromatic N) is 2. The first-order valence-electron chi connectivity index (χ1n) is 12.2. The topological polar surface area (TPSA) is 86.8 Å². The largest absolute Gasteiger partial charge is 0.355 e. The van der Waals surface area contributed by atoms with Crippen LogP contribution in [0, 0.1) is 6.92 Å². The molecule has 2 amide bonds. The molecule has 202 valence electrons. The molecule has 38 heavy (non-hydrogen) atoms. The third-order valence-corrected chi connectivity index (χ3v) is 8.25. The standard InChI is InChI=1S/C28H31Cl2N3O4S/c1-4-31-28(35)21(3)32(15-14-22-8-6-5-7-9-22)27(34)19-33(25-17-23(29)16-24(30)18-25)38(36,37)26-12-10-20(2)11-13-26/h5-13,16-18,21H,4,14-15,19H2,1-3H3,(H,31,35)/t21-/m0/s1. The molecule has 0 unspecified atom stereocenters. The summed E-state index contributed by atoms with van der Waals surface area (Å²) in [5.74, 6) is -0.862. The van der Waals surface area contributed by atoms with Gasteiger partial charge in [0.05, 0.1) is 10.6 Å². The van der Waals surface area contributed by atoms with Crippen molar-refractivity contribution in [1.29, 1.82) is 0 Å². The van der Waals surface area contributed by atoms with E-state index >= 15 is 0 Å². The molecule has 0 aliphatic heterocycles. The summed E-state index contributed by atoms with van der Waals surface area (Å²) < 4.78 is 28.6. The van der Waals surface area contributed by atoms with E-state index in [-0.39, 0.29) is 33.1 Å². The van der Waals surface area contributed by atoms with Crippen molar-refractivity contribution >= 4 is 50.7 Å². The molecule has 0 saturated carbocycles. The monoisotopic (exact) mass is 575 g/mol. The van der Waals surface area contributed by atoms with Crippen LogP contribution in [0.25, 0.3) is 0 Å². The summed E-state index contributed by atoms with van der Waals surface area (Å²) in [5.41, 5.74) is 2.02. The van der Waals surface area contributed by atoms with Gasteiger partial charge in [-0.2, -0.15) is 0 Å². The molecule has 10 heteroatoms. The maximum absolute atomic E-state index is 13.8. The van der Waals surface area contributed by atoms with E-state index in [1.54, 1.807) is 26.0 Å². The fourth-order valence-electron chi connectivity index (χ4n) is 3.94. The van der Waals surface area contributed by atoms with Gasteiger partial charge >= 0.3 is 0 Å². The highest BCUT2D eigenvalue weighted by Gasteiger charge is 2.32. The normalized spacial score (nSPS) is 12.0. The molecule has 0 fully saturated rings.